The number of carbonyl (C=O) groups excluding carboxylic acids is 4. The maximum absolute atomic E-state index is 14.0. The van der Waals surface area contributed by atoms with Crippen LogP contribution < -0.4 is 22.5 Å². The first-order chi connectivity index (χ1) is 26.5. The van der Waals surface area contributed by atoms with Crippen molar-refractivity contribution in [1.82, 2.24) is 10.3 Å². The molecular weight excluding hydrogens is 689 g/mol. The molecule has 10 nitrogen and oxygen atoms in total. The molecule has 2 rings (SSSR count). The zero-order valence-corrected chi connectivity index (χ0v) is 34.7. The van der Waals surface area contributed by atoms with Gasteiger partial charge in [-0.25, -0.2) is 0 Å². The number of guanidine groups is 1. The standard InChI is InChI=1S/C45H76N6O4/c1-4-5-6-7-8-9-10-11-12-13-14-15-16-17-18-19-20-24-38(52)31-36(30-37-33-50-40-26-22-21-25-39(37)40)44(55)51-41(27-23-28-49-45(47)48)42(53)32-35(43(46)54)29-34(2)3/h21-22,25-26,33-36,41,50H,4-20,23-24,27-32H2,1-3H3,(H2,46,54)(H,51,55)(H4,47,48,49)/t35-,36+,41+/m1/s1. The van der Waals surface area contributed by atoms with Gasteiger partial charge in [0.1, 0.15) is 5.78 Å². The summed E-state index contributed by atoms with van der Waals surface area (Å²) in [5, 5.41) is 3.98. The highest BCUT2D eigenvalue weighted by atomic mass is 16.2. The zero-order valence-electron chi connectivity index (χ0n) is 34.7. The van der Waals surface area contributed by atoms with Gasteiger partial charge < -0.3 is 27.5 Å². The smallest absolute Gasteiger partial charge is 0.224 e. The lowest BCUT2D eigenvalue weighted by molar-refractivity contribution is -0.133. The molecule has 0 saturated carbocycles. The number of hydrogen-bond donors (Lipinski definition) is 5. The van der Waals surface area contributed by atoms with E-state index in [1.54, 1.807) is 0 Å². The molecule has 1 aromatic heterocycles. The number of aliphatic imine (C=N–C) groups is 1. The number of aromatic amines is 1. The van der Waals surface area contributed by atoms with E-state index >= 15 is 0 Å². The number of hydrogen-bond acceptors (Lipinski definition) is 5. The second-order valence-corrected chi connectivity index (χ2v) is 16.3. The number of nitrogens with zero attached hydrogens (tertiary/aromatic N) is 1. The minimum Gasteiger partial charge on any atom is -0.370 e. The summed E-state index contributed by atoms with van der Waals surface area (Å²) in [6.07, 6.45) is 25.7. The minimum absolute atomic E-state index is 0.0467. The summed E-state index contributed by atoms with van der Waals surface area (Å²) in [6, 6.07) is 7.03. The Morgan fingerprint density at radius 1 is 0.727 bits per heavy atom. The van der Waals surface area contributed by atoms with Crippen molar-refractivity contribution in [1.29, 1.82) is 0 Å². The maximum atomic E-state index is 14.0. The molecule has 0 aliphatic heterocycles. The number of carbonyl (C=O) groups is 4. The number of para-hydroxylation sites is 1. The summed E-state index contributed by atoms with van der Waals surface area (Å²) < 4.78 is 0. The predicted octanol–water partition coefficient (Wildman–Crippen LogP) is 8.97. The number of fused-ring (bicyclic) bond motifs is 1. The van der Waals surface area contributed by atoms with Gasteiger partial charge in [0.2, 0.25) is 11.8 Å². The SMILES string of the molecule is CCCCCCCCCCCCCCCCCCCC(=O)C[C@H](Cc1c[nH]c2ccccc12)C(=O)N[C@@H](CCCN=C(N)N)C(=O)C[C@@H](CC(C)C)C(N)=O. The van der Waals surface area contributed by atoms with Crippen LogP contribution >= 0.6 is 0 Å². The van der Waals surface area contributed by atoms with Crippen molar-refractivity contribution in [2.75, 3.05) is 6.54 Å². The molecule has 0 fully saturated rings. The highest BCUT2D eigenvalue weighted by molar-refractivity contribution is 5.94. The van der Waals surface area contributed by atoms with E-state index in [4.69, 9.17) is 17.2 Å². The van der Waals surface area contributed by atoms with Gasteiger partial charge in [0.05, 0.1) is 6.04 Å². The molecule has 1 heterocycles. The van der Waals surface area contributed by atoms with E-state index in [0.717, 1.165) is 35.7 Å². The number of rotatable bonds is 34. The molecule has 1 aromatic carbocycles. The highest BCUT2D eigenvalue weighted by Crippen LogP contribution is 2.24. The molecule has 0 spiro atoms. The van der Waals surface area contributed by atoms with Gasteiger partial charge in [-0.2, -0.15) is 0 Å². The van der Waals surface area contributed by atoms with Crippen molar-refractivity contribution in [3.05, 3.63) is 36.0 Å². The summed E-state index contributed by atoms with van der Waals surface area (Å²) in [4.78, 5) is 60.6. The number of nitrogens with one attached hydrogen (secondary N) is 2. The average Bonchev–Trinajstić information content (AvgIpc) is 3.55. The number of amides is 2. The molecule has 0 saturated heterocycles. The maximum Gasteiger partial charge on any atom is 0.224 e. The normalized spacial score (nSPS) is 13.1. The quantitative estimate of drug-likeness (QED) is 0.0269. The second kappa shape index (κ2) is 28.7. The fourth-order valence-electron chi connectivity index (χ4n) is 7.61. The van der Waals surface area contributed by atoms with Gasteiger partial charge in [-0.15, -0.1) is 0 Å². The van der Waals surface area contributed by atoms with E-state index in [1.807, 2.05) is 44.3 Å². The lowest BCUT2D eigenvalue weighted by Gasteiger charge is -2.24. The third kappa shape index (κ3) is 21.3. The van der Waals surface area contributed by atoms with Gasteiger partial charge >= 0.3 is 0 Å². The minimum atomic E-state index is -0.860. The third-order valence-electron chi connectivity index (χ3n) is 10.8. The first kappa shape index (κ1) is 47.5. The summed E-state index contributed by atoms with van der Waals surface area (Å²) in [5.41, 5.74) is 18.6. The number of Topliss-reactive ketones (excluding diaryl/α,β-unsaturated/α-hetero) is 2. The highest BCUT2D eigenvalue weighted by Gasteiger charge is 2.30. The van der Waals surface area contributed by atoms with Gasteiger partial charge in [-0.1, -0.05) is 142 Å². The molecule has 3 atom stereocenters. The predicted molar refractivity (Wildman–Crippen MR) is 228 cm³/mol. The fraction of sp³-hybridized carbons (Fsp3) is 0.711. The molecule has 0 aliphatic rings. The van der Waals surface area contributed by atoms with E-state index in [1.165, 1.54) is 89.9 Å². The topological polar surface area (TPSA) is 187 Å². The van der Waals surface area contributed by atoms with Crippen molar-refractivity contribution in [2.45, 2.75) is 181 Å². The lowest BCUT2D eigenvalue weighted by Crippen LogP contribution is -2.45. The largest absolute Gasteiger partial charge is 0.370 e. The number of primary amides is 1. The summed E-state index contributed by atoms with van der Waals surface area (Å²) >= 11 is 0. The monoisotopic (exact) mass is 765 g/mol. The molecular formula is C45H76N6O4. The number of H-pyrrole nitrogens is 1. The lowest BCUT2D eigenvalue weighted by atomic mass is 9.88. The third-order valence-corrected chi connectivity index (χ3v) is 10.8. The number of benzene rings is 1. The Morgan fingerprint density at radius 2 is 1.29 bits per heavy atom. The molecule has 8 N–H and O–H groups in total. The number of unbranched alkanes of at least 4 members (excludes halogenated alkanes) is 16. The number of aromatic nitrogens is 1. The molecule has 55 heavy (non-hydrogen) atoms. The molecule has 310 valence electrons. The van der Waals surface area contributed by atoms with Gasteiger partial charge in [0.15, 0.2) is 11.7 Å². The number of ketones is 2. The Kier molecular flexibility index (Phi) is 24.7. The van der Waals surface area contributed by atoms with Crippen molar-refractivity contribution < 1.29 is 19.2 Å². The second-order valence-electron chi connectivity index (χ2n) is 16.3. The van der Waals surface area contributed by atoms with Crippen LogP contribution in [-0.2, 0) is 25.6 Å². The Morgan fingerprint density at radius 3 is 1.84 bits per heavy atom. The Bertz CT molecular complexity index is 1410. The molecule has 10 heteroatoms. The van der Waals surface area contributed by atoms with Crippen LogP contribution in [0.2, 0.25) is 0 Å². The van der Waals surface area contributed by atoms with Crippen LogP contribution in [0.3, 0.4) is 0 Å². The Balaban J connectivity index is 1.91. The van der Waals surface area contributed by atoms with Crippen LogP contribution in [-0.4, -0.2) is 46.9 Å². The van der Waals surface area contributed by atoms with Gasteiger partial charge in [0, 0.05) is 54.7 Å². The van der Waals surface area contributed by atoms with Crippen LogP contribution in [0, 0.1) is 17.8 Å². The van der Waals surface area contributed by atoms with Crippen LogP contribution in [0.1, 0.15) is 174 Å². The average molecular weight is 765 g/mol. The van der Waals surface area contributed by atoms with Crippen LogP contribution in [0.15, 0.2) is 35.5 Å². The molecule has 0 aliphatic carbocycles. The van der Waals surface area contributed by atoms with Crippen LogP contribution in [0.5, 0.6) is 0 Å². The van der Waals surface area contributed by atoms with Crippen molar-refractivity contribution in [3.63, 3.8) is 0 Å². The van der Waals surface area contributed by atoms with E-state index < -0.39 is 23.8 Å². The van der Waals surface area contributed by atoms with Gasteiger partial charge in [-0.3, -0.25) is 24.2 Å². The van der Waals surface area contributed by atoms with E-state index in [-0.39, 0.29) is 42.2 Å². The van der Waals surface area contributed by atoms with Crippen molar-refractivity contribution >= 4 is 40.2 Å². The first-order valence-corrected chi connectivity index (χ1v) is 21.8. The molecule has 2 amide bonds. The van der Waals surface area contributed by atoms with E-state index in [0.29, 0.717) is 38.6 Å². The Hall–Kier alpha value is -3.69. The summed E-state index contributed by atoms with van der Waals surface area (Å²) in [5.74, 6) is -2.24. The summed E-state index contributed by atoms with van der Waals surface area (Å²) in [7, 11) is 0. The van der Waals surface area contributed by atoms with Crippen molar-refractivity contribution in [2.24, 2.45) is 39.9 Å². The first-order valence-electron chi connectivity index (χ1n) is 21.8. The van der Waals surface area contributed by atoms with E-state index in [2.05, 4.69) is 22.2 Å². The molecule has 2 aromatic rings. The fourth-order valence-corrected chi connectivity index (χ4v) is 7.61. The van der Waals surface area contributed by atoms with Gasteiger partial charge in [0.25, 0.3) is 0 Å². The summed E-state index contributed by atoms with van der Waals surface area (Å²) in [6.45, 7) is 6.51. The Labute approximate surface area is 332 Å². The van der Waals surface area contributed by atoms with Crippen LogP contribution in [0.25, 0.3) is 10.9 Å². The number of nitrogens with two attached hydrogens (primary N) is 3. The van der Waals surface area contributed by atoms with Crippen molar-refractivity contribution in [3.8, 4) is 0 Å². The zero-order chi connectivity index (χ0) is 40.3. The van der Waals surface area contributed by atoms with E-state index in [9.17, 15) is 19.2 Å². The van der Waals surface area contributed by atoms with Gasteiger partial charge in [-0.05, 0) is 49.7 Å². The molecule has 0 radical (unpaired) electrons. The molecule has 0 bridgehead atoms. The molecule has 0 unspecified atom stereocenters. The van der Waals surface area contributed by atoms with Crippen LogP contribution in [0.4, 0.5) is 0 Å².